The number of hydrogen-bond donors (Lipinski definition) is 1. The summed E-state index contributed by atoms with van der Waals surface area (Å²) in [6.45, 7) is 5.30. The molecule has 152 valence electrons. The van der Waals surface area contributed by atoms with E-state index in [2.05, 4.69) is 23.2 Å². The van der Waals surface area contributed by atoms with Gasteiger partial charge >= 0.3 is 0 Å². The van der Waals surface area contributed by atoms with Crippen molar-refractivity contribution in [1.29, 1.82) is 5.26 Å². The largest absolute Gasteiger partial charge is 0.353 e. The zero-order chi connectivity index (χ0) is 20.6. The van der Waals surface area contributed by atoms with Crippen LogP contribution in [0.5, 0.6) is 0 Å². The van der Waals surface area contributed by atoms with Crippen LogP contribution in [0.1, 0.15) is 37.3 Å². The molecule has 2 aromatic rings. The molecule has 1 fully saturated rings. The highest BCUT2D eigenvalue weighted by molar-refractivity contribution is 5.76. The maximum atomic E-state index is 12.4. The minimum Gasteiger partial charge on any atom is -0.353 e. The first kappa shape index (κ1) is 20.8. The van der Waals surface area contributed by atoms with Crippen LogP contribution in [0.25, 0.3) is 0 Å². The van der Waals surface area contributed by atoms with E-state index < -0.39 is 0 Å². The zero-order valence-electron chi connectivity index (χ0n) is 16.9. The van der Waals surface area contributed by atoms with E-state index in [1.807, 2.05) is 24.3 Å². The van der Waals surface area contributed by atoms with Gasteiger partial charge in [-0.05, 0) is 36.1 Å². The molecule has 0 bridgehead atoms. The normalized spacial score (nSPS) is 19.4. The van der Waals surface area contributed by atoms with Crippen LogP contribution in [0.15, 0.2) is 53.5 Å². The lowest BCUT2D eigenvalue weighted by Gasteiger charge is -2.38. The maximum absolute atomic E-state index is 12.4. The molecule has 1 aliphatic rings. The molecule has 29 heavy (non-hydrogen) atoms. The van der Waals surface area contributed by atoms with Crippen LogP contribution in [0, 0.1) is 17.2 Å². The number of likely N-dealkylation sites (tertiary alicyclic amines) is 1. The topological polar surface area (TPSA) is 78.1 Å². The van der Waals surface area contributed by atoms with Gasteiger partial charge in [-0.3, -0.25) is 14.5 Å². The van der Waals surface area contributed by atoms with Crippen LogP contribution < -0.4 is 10.9 Å². The van der Waals surface area contributed by atoms with Gasteiger partial charge in [0.05, 0.1) is 11.6 Å². The molecule has 0 aliphatic carbocycles. The standard InChI is InChI=1S/C23H28N4O2/c1-2-20-17-26(16-19-8-6-18(15-24)7-9-19)13-10-21(20)25-22(28)11-14-27-12-4-3-5-23(27)29/h3-9,12,20-21H,2,10-11,13-14,16-17H2,1H3,(H,25,28)/t20-,21+/m1/s1. The number of benzene rings is 1. The first-order valence-electron chi connectivity index (χ1n) is 10.2. The second-order valence-electron chi connectivity index (χ2n) is 7.66. The van der Waals surface area contributed by atoms with Crippen molar-refractivity contribution in [1.82, 2.24) is 14.8 Å². The molecule has 1 aromatic heterocycles. The smallest absolute Gasteiger partial charge is 0.250 e. The molecule has 0 spiro atoms. The summed E-state index contributed by atoms with van der Waals surface area (Å²) < 4.78 is 1.57. The van der Waals surface area contributed by atoms with Gasteiger partial charge < -0.3 is 9.88 Å². The van der Waals surface area contributed by atoms with Crippen molar-refractivity contribution in [3.05, 3.63) is 70.1 Å². The number of rotatable bonds is 7. The minimum absolute atomic E-state index is 0.00439. The van der Waals surface area contributed by atoms with E-state index in [-0.39, 0.29) is 17.5 Å². The second kappa shape index (κ2) is 10.0. The third-order valence-electron chi connectivity index (χ3n) is 5.66. The summed E-state index contributed by atoms with van der Waals surface area (Å²) in [5, 5.41) is 12.1. The highest BCUT2D eigenvalue weighted by Crippen LogP contribution is 2.22. The monoisotopic (exact) mass is 392 g/mol. The highest BCUT2D eigenvalue weighted by Gasteiger charge is 2.29. The van der Waals surface area contributed by atoms with E-state index in [4.69, 9.17) is 5.26 Å². The molecular weight excluding hydrogens is 364 g/mol. The fourth-order valence-electron chi connectivity index (χ4n) is 3.94. The fourth-order valence-corrected chi connectivity index (χ4v) is 3.94. The van der Waals surface area contributed by atoms with Crippen molar-refractivity contribution in [2.75, 3.05) is 13.1 Å². The zero-order valence-corrected chi connectivity index (χ0v) is 16.9. The quantitative estimate of drug-likeness (QED) is 0.785. The molecule has 1 N–H and O–H groups in total. The van der Waals surface area contributed by atoms with Crippen molar-refractivity contribution < 1.29 is 4.79 Å². The number of pyridine rings is 1. The van der Waals surface area contributed by atoms with E-state index in [1.54, 1.807) is 22.9 Å². The van der Waals surface area contributed by atoms with Gasteiger partial charge in [0.25, 0.3) is 5.56 Å². The number of nitrogens with one attached hydrogen (secondary N) is 1. The van der Waals surface area contributed by atoms with Crippen LogP contribution in [-0.4, -0.2) is 34.5 Å². The van der Waals surface area contributed by atoms with Crippen molar-refractivity contribution in [3.63, 3.8) is 0 Å². The van der Waals surface area contributed by atoms with Gasteiger partial charge in [0, 0.05) is 50.9 Å². The average molecular weight is 393 g/mol. The SMILES string of the molecule is CC[C@@H]1CN(Cc2ccc(C#N)cc2)CC[C@@H]1NC(=O)CCn1ccccc1=O. The number of amides is 1. The van der Waals surface area contributed by atoms with E-state index in [9.17, 15) is 9.59 Å². The molecular formula is C23H28N4O2. The summed E-state index contributed by atoms with van der Waals surface area (Å²) in [7, 11) is 0. The van der Waals surface area contributed by atoms with Gasteiger partial charge in [0.15, 0.2) is 0 Å². The number of nitrogens with zero attached hydrogens (tertiary/aromatic N) is 3. The number of hydrogen-bond acceptors (Lipinski definition) is 4. The molecule has 6 heteroatoms. The summed E-state index contributed by atoms with van der Waals surface area (Å²) in [6.07, 6.45) is 3.96. The Morgan fingerprint density at radius 3 is 2.72 bits per heavy atom. The van der Waals surface area contributed by atoms with E-state index >= 15 is 0 Å². The van der Waals surface area contributed by atoms with Crippen molar-refractivity contribution >= 4 is 5.91 Å². The molecule has 6 nitrogen and oxygen atoms in total. The Bertz CT molecular complexity index is 913. The van der Waals surface area contributed by atoms with E-state index in [1.165, 1.54) is 11.6 Å². The maximum Gasteiger partial charge on any atom is 0.250 e. The fraction of sp³-hybridized carbons (Fsp3) is 0.435. The number of carbonyl (C=O) groups is 1. The lowest BCUT2D eigenvalue weighted by atomic mass is 9.89. The van der Waals surface area contributed by atoms with Crippen LogP contribution in [0.2, 0.25) is 0 Å². The Balaban J connectivity index is 1.50. The number of aromatic nitrogens is 1. The van der Waals surface area contributed by atoms with Crippen LogP contribution in [-0.2, 0) is 17.9 Å². The molecule has 2 atom stereocenters. The molecule has 2 heterocycles. The molecule has 0 saturated carbocycles. The van der Waals surface area contributed by atoms with Crippen molar-refractivity contribution in [2.24, 2.45) is 5.92 Å². The van der Waals surface area contributed by atoms with Crippen LogP contribution >= 0.6 is 0 Å². The van der Waals surface area contributed by atoms with E-state index in [0.717, 1.165) is 32.5 Å². The van der Waals surface area contributed by atoms with Crippen molar-refractivity contribution in [3.8, 4) is 6.07 Å². The first-order chi connectivity index (χ1) is 14.1. The number of aryl methyl sites for hydroxylation is 1. The minimum atomic E-state index is -0.0807. The van der Waals surface area contributed by atoms with Crippen LogP contribution in [0.3, 0.4) is 0 Å². The first-order valence-corrected chi connectivity index (χ1v) is 10.2. The Morgan fingerprint density at radius 2 is 2.03 bits per heavy atom. The van der Waals surface area contributed by atoms with Crippen molar-refractivity contribution in [2.45, 2.75) is 45.3 Å². The Morgan fingerprint density at radius 1 is 1.24 bits per heavy atom. The number of carbonyl (C=O) groups excluding carboxylic acids is 1. The summed E-state index contributed by atoms with van der Waals surface area (Å²) in [5.74, 6) is 0.412. The Labute approximate surface area is 171 Å². The molecule has 0 radical (unpaired) electrons. The predicted octanol–water partition coefficient (Wildman–Crippen LogP) is 2.53. The Kier molecular flexibility index (Phi) is 7.20. The van der Waals surface area contributed by atoms with Gasteiger partial charge in [-0.25, -0.2) is 0 Å². The lowest BCUT2D eigenvalue weighted by molar-refractivity contribution is -0.122. The van der Waals surface area contributed by atoms with Gasteiger partial charge in [0.2, 0.25) is 5.91 Å². The summed E-state index contributed by atoms with van der Waals surface area (Å²) >= 11 is 0. The lowest BCUT2D eigenvalue weighted by Crippen LogP contribution is -2.50. The Hall–Kier alpha value is -2.91. The summed E-state index contributed by atoms with van der Waals surface area (Å²) in [6, 6.07) is 15.1. The second-order valence-corrected chi connectivity index (χ2v) is 7.66. The number of piperidine rings is 1. The highest BCUT2D eigenvalue weighted by atomic mass is 16.2. The molecule has 1 saturated heterocycles. The van der Waals surface area contributed by atoms with Gasteiger partial charge in [-0.1, -0.05) is 31.5 Å². The van der Waals surface area contributed by atoms with Gasteiger partial charge in [-0.2, -0.15) is 5.26 Å². The molecule has 1 aromatic carbocycles. The van der Waals surface area contributed by atoms with Gasteiger partial charge in [-0.15, -0.1) is 0 Å². The average Bonchev–Trinajstić information content (AvgIpc) is 2.74. The summed E-state index contributed by atoms with van der Waals surface area (Å²) in [5.41, 5.74) is 1.80. The molecule has 1 aliphatic heterocycles. The third kappa shape index (κ3) is 5.78. The van der Waals surface area contributed by atoms with Crippen LogP contribution in [0.4, 0.5) is 0 Å². The van der Waals surface area contributed by atoms with Gasteiger partial charge in [0.1, 0.15) is 0 Å². The van der Waals surface area contributed by atoms with E-state index in [0.29, 0.717) is 24.4 Å². The summed E-state index contributed by atoms with van der Waals surface area (Å²) in [4.78, 5) is 26.6. The molecule has 1 amide bonds. The predicted molar refractivity (Wildman–Crippen MR) is 112 cm³/mol. The molecule has 3 rings (SSSR count). The third-order valence-corrected chi connectivity index (χ3v) is 5.66. The molecule has 0 unspecified atom stereocenters. The number of nitriles is 1.